The van der Waals surface area contributed by atoms with Crippen molar-refractivity contribution in [2.75, 3.05) is 19.6 Å². The van der Waals surface area contributed by atoms with Gasteiger partial charge in [-0.05, 0) is 47.9 Å². The van der Waals surface area contributed by atoms with Gasteiger partial charge in [0.05, 0.1) is 18.4 Å². The number of hydrogen-bond donors (Lipinski definition) is 1. The van der Waals surface area contributed by atoms with E-state index in [4.69, 9.17) is 16.7 Å². The molecule has 1 fully saturated rings. The zero-order valence-electron chi connectivity index (χ0n) is 17.5. The summed E-state index contributed by atoms with van der Waals surface area (Å²) in [5, 5.41) is 9.67. The van der Waals surface area contributed by atoms with Crippen molar-refractivity contribution < 1.29 is 27.9 Å². The minimum atomic E-state index is -4.40. The molecule has 0 spiro atoms. The van der Waals surface area contributed by atoms with E-state index in [9.17, 15) is 22.8 Å². The summed E-state index contributed by atoms with van der Waals surface area (Å²) >= 11 is 6.09. The van der Waals surface area contributed by atoms with Crippen LogP contribution in [0.3, 0.4) is 0 Å². The number of rotatable bonds is 6. The molecule has 1 atom stereocenters. The highest BCUT2D eigenvalue weighted by molar-refractivity contribution is 6.30. The highest BCUT2D eigenvalue weighted by Gasteiger charge is 2.31. The van der Waals surface area contributed by atoms with Crippen LogP contribution in [0.25, 0.3) is 0 Å². The fourth-order valence-corrected chi connectivity index (χ4v) is 4.15. The first kappa shape index (κ1) is 24.1. The van der Waals surface area contributed by atoms with Crippen LogP contribution in [0, 0.1) is 0 Å². The maximum atomic E-state index is 12.7. The third kappa shape index (κ3) is 6.23. The van der Waals surface area contributed by atoms with Crippen LogP contribution >= 0.6 is 11.6 Å². The van der Waals surface area contributed by atoms with E-state index in [1.807, 2.05) is 6.92 Å². The van der Waals surface area contributed by atoms with E-state index in [0.717, 1.165) is 17.7 Å². The van der Waals surface area contributed by atoms with Crippen LogP contribution in [0.15, 0.2) is 42.5 Å². The summed E-state index contributed by atoms with van der Waals surface area (Å²) < 4.78 is 38.1. The Bertz CT molecular complexity index is 979. The second kappa shape index (κ2) is 9.92. The molecule has 0 unspecified atom stereocenters. The van der Waals surface area contributed by atoms with Crippen molar-refractivity contribution in [3.05, 3.63) is 69.7 Å². The summed E-state index contributed by atoms with van der Waals surface area (Å²) in [4.78, 5) is 27.8. The molecule has 9 heteroatoms. The van der Waals surface area contributed by atoms with Crippen molar-refractivity contribution in [2.24, 2.45) is 0 Å². The molecule has 1 saturated heterocycles. The molecule has 1 heterocycles. The van der Waals surface area contributed by atoms with Crippen LogP contribution in [0.2, 0.25) is 5.02 Å². The molecule has 0 aliphatic carbocycles. The van der Waals surface area contributed by atoms with Gasteiger partial charge in [0.25, 0.3) is 0 Å². The van der Waals surface area contributed by atoms with Crippen molar-refractivity contribution >= 4 is 23.5 Å². The lowest BCUT2D eigenvalue weighted by Crippen LogP contribution is -2.54. The number of amides is 1. The molecule has 0 bridgehead atoms. The van der Waals surface area contributed by atoms with E-state index in [-0.39, 0.29) is 24.8 Å². The Hall–Kier alpha value is -2.58. The third-order valence-electron chi connectivity index (χ3n) is 5.57. The Labute approximate surface area is 189 Å². The molecule has 2 aromatic rings. The first-order chi connectivity index (χ1) is 15.0. The predicted octanol–water partition coefficient (Wildman–Crippen LogP) is 4.26. The molecular weight excluding hydrogens is 445 g/mol. The molecule has 1 aliphatic rings. The number of alkyl halides is 3. The first-order valence-corrected chi connectivity index (χ1v) is 10.6. The van der Waals surface area contributed by atoms with Gasteiger partial charge in [-0.2, -0.15) is 13.2 Å². The van der Waals surface area contributed by atoms with Crippen LogP contribution in [0.1, 0.15) is 29.2 Å². The number of benzene rings is 2. The summed E-state index contributed by atoms with van der Waals surface area (Å²) in [6.07, 6.45) is -4.45. The molecule has 5 nitrogen and oxygen atoms in total. The minimum Gasteiger partial charge on any atom is -0.481 e. The fraction of sp³-hybridized carbons (Fsp3) is 0.391. The fourth-order valence-electron chi connectivity index (χ4n) is 3.95. The summed E-state index contributed by atoms with van der Waals surface area (Å²) in [5.41, 5.74) is 1.35. The molecule has 1 aliphatic heterocycles. The highest BCUT2D eigenvalue weighted by Crippen LogP contribution is 2.29. The minimum absolute atomic E-state index is 0.0412. The zero-order valence-corrected chi connectivity index (χ0v) is 18.3. The van der Waals surface area contributed by atoms with Crippen LogP contribution in [0.4, 0.5) is 13.2 Å². The number of carbonyl (C=O) groups excluding carboxylic acids is 1. The second-order valence-corrected chi connectivity index (χ2v) is 8.46. The normalized spacial score (nSPS) is 17.4. The van der Waals surface area contributed by atoms with Crippen LogP contribution in [0.5, 0.6) is 0 Å². The Morgan fingerprint density at radius 1 is 1.06 bits per heavy atom. The molecule has 172 valence electrons. The van der Waals surface area contributed by atoms with E-state index in [1.54, 1.807) is 23.1 Å². The number of hydrogen-bond acceptors (Lipinski definition) is 3. The molecule has 0 aromatic heterocycles. The maximum absolute atomic E-state index is 12.7. The number of aliphatic carboxylic acids is 1. The van der Waals surface area contributed by atoms with Gasteiger partial charge in [-0.25, -0.2) is 0 Å². The Morgan fingerprint density at radius 3 is 2.34 bits per heavy atom. The van der Waals surface area contributed by atoms with Crippen LogP contribution in [-0.4, -0.2) is 52.5 Å². The number of carbonyl (C=O) groups is 2. The first-order valence-electron chi connectivity index (χ1n) is 10.2. The van der Waals surface area contributed by atoms with Gasteiger partial charge in [0, 0.05) is 37.2 Å². The van der Waals surface area contributed by atoms with Gasteiger partial charge in [-0.15, -0.1) is 0 Å². The number of carboxylic acids is 1. The smallest absolute Gasteiger partial charge is 0.416 e. The van der Waals surface area contributed by atoms with Crippen LogP contribution in [-0.2, 0) is 35.2 Å². The van der Waals surface area contributed by atoms with E-state index in [1.165, 1.54) is 12.1 Å². The van der Waals surface area contributed by atoms with Gasteiger partial charge in [0.15, 0.2) is 0 Å². The lowest BCUT2D eigenvalue weighted by Gasteiger charge is -2.40. The van der Waals surface area contributed by atoms with E-state index in [0.29, 0.717) is 42.3 Å². The quantitative estimate of drug-likeness (QED) is 0.688. The van der Waals surface area contributed by atoms with E-state index in [2.05, 4.69) is 4.90 Å². The van der Waals surface area contributed by atoms with Crippen molar-refractivity contribution in [1.82, 2.24) is 9.80 Å². The second-order valence-electron chi connectivity index (χ2n) is 8.03. The molecule has 3 rings (SSSR count). The molecule has 0 saturated carbocycles. The molecule has 0 radical (unpaired) electrons. The van der Waals surface area contributed by atoms with Crippen molar-refractivity contribution in [3.8, 4) is 0 Å². The Kier molecular flexibility index (Phi) is 7.46. The zero-order chi connectivity index (χ0) is 23.5. The average molecular weight is 469 g/mol. The van der Waals surface area contributed by atoms with Gasteiger partial charge >= 0.3 is 12.1 Å². The largest absolute Gasteiger partial charge is 0.481 e. The van der Waals surface area contributed by atoms with Gasteiger partial charge in [-0.1, -0.05) is 29.8 Å². The Balaban J connectivity index is 1.60. The van der Waals surface area contributed by atoms with Gasteiger partial charge in [-0.3, -0.25) is 14.5 Å². The highest BCUT2D eigenvalue weighted by atomic mass is 35.5. The lowest BCUT2D eigenvalue weighted by atomic mass is 10.0. The Morgan fingerprint density at radius 2 is 1.75 bits per heavy atom. The molecule has 2 aromatic carbocycles. The number of nitrogens with zero attached hydrogens (tertiary/aromatic N) is 2. The topological polar surface area (TPSA) is 60.9 Å². The SMILES string of the molecule is C[C@H]1CN(Cc2cc(Cl)ccc2CC(=O)O)CCN1C(=O)Cc1ccc(C(F)(F)F)cc1. The van der Waals surface area contributed by atoms with Gasteiger partial charge in [0.2, 0.25) is 5.91 Å². The van der Waals surface area contributed by atoms with Crippen molar-refractivity contribution in [2.45, 2.75) is 38.5 Å². The van der Waals surface area contributed by atoms with Crippen molar-refractivity contribution in [1.29, 1.82) is 0 Å². The van der Waals surface area contributed by atoms with Crippen molar-refractivity contribution in [3.63, 3.8) is 0 Å². The summed E-state index contributed by atoms with van der Waals surface area (Å²) in [5.74, 6) is -1.05. The van der Waals surface area contributed by atoms with Gasteiger partial charge < -0.3 is 10.0 Å². The summed E-state index contributed by atoms with van der Waals surface area (Å²) in [6, 6.07) is 9.73. The number of carboxylic acid groups (broad SMARTS) is 1. The maximum Gasteiger partial charge on any atom is 0.416 e. The van der Waals surface area contributed by atoms with Crippen LogP contribution < -0.4 is 0 Å². The molecule has 32 heavy (non-hydrogen) atoms. The lowest BCUT2D eigenvalue weighted by molar-refractivity contribution is -0.138. The number of piperazine rings is 1. The predicted molar refractivity (Wildman–Crippen MR) is 114 cm³/mol. The van der Waals surface area contributed by atoms with E-state index >= 15 is 0 Å². The monoisotopic (exact) mass is 468 g/mol. The van der Waals surface area contributed by atoms with Gasteiger partial charge in [0.1, 0.15) is 0 Å². The molecule has 1 N–H and O–H groups in total. The molecule has 1 amide bonds. The number of halogens is 4. The summed E-state index contributed by atoms with van der Waals surface area (Å²) in [7, 11) is 0. The van der Waals surface area contributed by atoms with E-state index < -0.39 is 17.7 Å². The third-order valence-corrected chi connectivity index (χ3v) is 5.81. The standard InChI is InChI=1S/C23H24ClF3N2O3/c1-15-13-28(14-18-11-20(24)7-4-17(18)12-22(31)32)8-9-29(15)21(30)10-16-2-5-19(6-3-16)23(25,26)27/h2-7,11,15H,8-10,12-14H2,1H3,(H,31,32)/t15-/m0/s1. The summed E-state index contributed by atoms with van der Waals surface area (Å²) in [6.45, 7) is 4.12. The molecular formula is C23H24ClF3N2O3. The average Bonchev–Trinajstić information content (AvgIpc) is 2.69.